The van der Waals surface area contributed by atoms with Crippen LogP contribution in [0, 0.1) is 5.41 Å². The molecule has 2 fully saturated rings. The second-order valence-electron chi connectivity index (χ2n) is 5.75. The molecule has 1 spiro atoms. The Morgan fingerprint density at radius 2 is 1.60 bits per heavy atom. The average molecular weight is 319 g/mol. The minimum Gasteiger partial charge on any atom is -0.490 e. The number of halogens is 2. The zero-order chi connectivity index (χ0) is 12.3. The van der Waals surface area contributed by atoms with E-state index in [4.69, 9.17) is 4.74 Å². The summed E-state index contributed by atoms with van der Waals surface area (Å²) in [5.41, 5.74) is 0.628. The molecule has 0 unspecified atom stereocenters. The van der Waals surface area contributed by atoms with Gasteiger partial charge in [-0.25, -0.2) is 0 Å². The Labute approximate surface area is 133 Å². The molecule has 20 heavy (non-hydrogen) atoms. The van der Waals surface area contributed by atoms with Gasteiger partial charge in [-0.3, -0.25) is 4.98 Å². The Hall–Kier alpha value is -0.510. The third kappa shape index (κ3) is 4.24. The van der Waals surface area contributed by atoms with Crippen LogP contribution in [0.4, 0.5) is 0 Å². The molecule has 0 atom stereocenters. The van der Waals surface area contributed by atoms with Crippen molar-refractivity contribution in [3.63, 3.8) is 0 Å². The minimum atomic E-state index is 0. The average Bonchev–Trinajstić information content (AvgIpc) is 2.44. The molecular formula is C15H24Cl2N2O. The maximum Gasteiger partial charge on any atom is 0.122 e. The van der Waals surface area contributed by atoms with E-state index in [2.05, 4.69) is 10.3 Å². The molecule has 2 heterocycles. The van der Waals surface area contributed by atoms with Crippen LogP contribution in [0.5, 0.6) is 5.75 Å². The van der Waals surface area contributed by atoms with Gasteiger partial charge in [0.15, 0.2) is 0 Å². The van der Waals surface area contributed by atoms with Gasteiger partial charge in [0.25, 0.3) is 0 Å². The zero-order valence-electron chi connectivity index (χ0n) is 11.7. The smallest absolute Gasteiger partial charge is 0.122 e. The maximum atomic E-state index is 6.03. The Balaban J connectivity index is 0.000001000. The zero-order valence-corrected chi connectivity index (χ0v) is 13.3. The molecule has 1 aromatic rings. The highest BCUT2D eigenvalue weighted by atomic mass is 35.5. The summed E-state index contributed by atoms with van der Waals surface area (Å²) in [6.45, 7) is 2.41. The molecule has 0 radical (unpaired) electrons. The summed E-state index contributed by atoms with van der Waals surface area (Å²) >= 11 is 0. The first-order chi connectivity index (χ1) is 8.86. The molecule has 1 N–H and O–H groups in total. The summed E-state index contributed by atoms with van der Waals surface area (Å²) < 4.78 is 6.03. The Morgan fingerprint density at radius 3 is 2.20 bits per heavy atom. The van der Waals surface area contributed by atoms with Gasteiger partial charge in [-0.05, 0) is 69.2 Å². The third-order valence-electron chi connectivity index (χ3n) is 4.61. The third-order valence-corrected chi connectivity index (χ3v) is 4.61. The molecule has 3 nitrogen and oxygen atoms in total. The van der Waals surface area contributed by atoms with E-state index in [0.717, 1.165) is 5.75 Å². The van der Waals surface area contributed by atoms with E-state index in [1.165, 1.54) is 51.6 Å². The van der Waals surface area contributed by atoms with Gasteiger partial charge in [0.2, 0.25) is 0 Å². The van der Waals surface area contributed by atoms with Crippen LogP contribution in [0.25, 0.3) is 0 Å². The summed E-state index contributed by atoms with van der Waals surface area (Å²) in [5.74, 6) is 0.969. The van der Waals surface area contributed by atoms with Gasteiger partial charge >= 0.3 is 0 Å². The summed E-state index contributed by atoms with van der Waals surface area (Å²) in [7, 11) is 0. The van der Waals surface area contributed by atoms with Crippen molar-refractivity contribution < 1.29 is 4.74 Å². The molecule has 1 aromatic heterocycles. The van der Waals surface area contributed by atoms with Gasteiger partial charge in [0.05, 0.1) is 6.10 Å². The van der Waals surface area contributed by atoms with E-state index in [0.29, 0.717) is 11.5 Å². The molecule has 3 rings (SSSR count). The number of hydrogen-bond donors (Lipinski definition) is 1. The van der Waals surface area contributed by atoms with Crippen LogP contribution in [-0.2, 0) is 0 Å². The van der Waals surface area contributed by atoms with Crippen LogP contribution in [0.3, 0.4) is 0 Å². The van der Waals surface area contributed by atoms with E-state index in [9.17, 15) is 0 Å². The Bertz CT molecular complexity index is 373. The fraction of sp³-hybridized carbons (Fsp3) is 0.667. The molecule has 2 aliphatic rings. The lowest BCUT2D eigenvalue weighted by atomic mass is 9.68. The number of ether oxygens (including phenoxy) is 1. The number of aromatic nitrogens is 1. The van der Waals surface area contributed by atoms with E-state index in [-0.39, 0.29) is 24.8 Å². The molecule has 0 amide bonds. The second kappa shape index (κ2) is 8.06. The normalized spacial score (nSPS) is 21.6. The van der Waals surface area contributed by atoms with E-state index < -0.39 is 0 Å². The predicted molar refractivity (Wildman–Crippen MR) is 86.2 cm³/mol. The molecule has 0 aromatic carbocycles. The fourth-order valence-corrected chi connectivity index (χ4v) is 3.39. The number of hydrogen-bond acceptors (Lipinski definition) is 3. The Kier molecular flexibility index (Phi) is 7.07. The van der Waals surface area contributed by atoms with Crippen molar-refractivity contribution in [2.45, 2.75) is 44.6 Å². The standard InChI is InChI=1S/C15H22N2O.2ClH/c1-5-15(7-11-17-12-8-15)6-2-13(1)18-14-3-9-16-10-4-14;;/h3-4,9-10,13,17H,1-2,5-8,11-12H2;2*1H. The van der Waals surface area contributed by atoms with Crippen LogP contribution >= 0.6 is 24.8 Å². The molecule has 1 aliphatic carbocycles. The van der Waals surface area contributed by atoms with Crippen molar-refractivity contribution >= 4 is 24.8 Å². The van der Waals surface area contributed by atoms with Gasteiger partial charge in [-0.2, -0.15) is 0 Å². The van der Waals surface area contributed by atoms with E-state index in [1.807, 2.05) is 12.1 Å². The lowest BCUT2D eigenvalue weighted by Crippen LogP contribution is -2.40. The number of nitrogens with one attached hydrogen (secondary N) is 1. The van der Waals surface area contributed by atoms with Crippen LogP contribution in [-0.4, -0.2) is 24.2 Å². The number of piperidine rings is 1. The van der Waals surface area contributed by atoms with Crippen molar-refractivity contribution in [3.8, 4) is 5.75 Å². The Morgan fingerprint density at radius 1 is 1.00 bits per heavy atom. The van der Waals surface area contributed by atoms with Crippen LogP contribution in [0.1, 0.15) is 38.5 Å². The van der Waals surface area contributed by atoms with E-state index in [1.54, 1.807) is 12.4 Å². The highest BCUT2D eigenvalue weighted by molar-refractivity contribution is 5.85. The largest absolute Gasteiger partial charge is 0.490 e. The highest BCUT2D eigenvalue weighted by Gasteiger charge is 2.36. The van der Waals surface area contributed by atoms with Crippen molar-refractivity contribution in [2.75, 3.05) is 13.1 Å². The van der Waals surface area contributed by atoms with Gasteiger partial charge in [0, 0.05) is 12.4 Å². The van der Waals surface area contributed by atoms with Crippen LogP contribution in [0.2, 0.25) is 0 Å². The monoisotopic (exact) mass is 318 g/mol. The lowest BCUT2D eigenvalue weighted by Gasteiger charge is -2.43. The molecule has 1 saturated heterocycles. The molecule has 1 aliphatic heterocycles. The minimum absolute atomic E-state index is 0. The van der Waals surface area contributed by atoms with Crippen LogP contribution in [0.15, 0.2) is 24.5 Å². The molecule has 114 valence electrons. The van der Waals surface area contributed by atoms with Gasteiger partial charge in [-0.15, -0.1) is 24.8 Å². The maximum absolute atomic E-state index is 6.03. The van der Waals surface area contributed by atoms with Crippen molar-refractivity contribution in [3.05, 3.63) is 24.5 Å². The molecule has 5 heteroatoms. The van der Waals surface area contributed by atoms with Gasteiger partial charge < -0.3 is 10.1 Å². The summed E-state index contributed by atoms with van der Waals surface area (Å²) in [6.07, 6.45) is 11.8. The topological polar surface area (TPSA) is 34.1 Å². The summed E-state index contributed by atoms with van der Waals surface area (Å²) in [6, 6.07) is 3.91. The van der Waals surface area contributed by atoms with Crippen molar-refractivity contribution in [2.24, 2.45) is 5.41 Å². The first kappa shape index (κ1) is 17.5. The SMILES string of the molecule is Cl.Cl.c1cc(OC2CCC3(CCNCC3)CC2)ccn1. The van der Waals surface area contributed by atoms with Crippen molar-refractivity contribution in [1.29, 1.82) is 0 Å². The van der Waals surface area contributed by atoms with Gasteiger partial charge in [-0.1, -0.05) is 0 Å². The van der Waals surface area contributed by atoms with Gasteiger partial charge in [0.1, 0.15) is 5.75 Å². The lowest BCUT2D eigenvalue weighted by molar-refractivity contribution is 0.0571. The molecule has 1 saturated carbocycles. The highest BCUT2D eigenvalue weighted by Crippen LogP contribution is 2.43. The van der Waals surface area contributed by atoms with E-state index >= 15 is 0 Å². The van der Waals surface area contributed by atoms with Crippen LogP contribution < -0.4 is 10.1 Å². The predicted octanol–water partition coefficient (Wildman–Crippen LogP) is 3.62. The first-order valence-electron chi connectivity index (χ1n) is 7.14. The quantitative estimate of drug-likeness (QED) is 0.904. The summed E-state index contributed by atoms with van der Waals surface area (Å²) in [4.78, 5) is 4.02. The number of rotatable bonds is 2. The molecule has 0 bridgehead atoms. The second-order valence-corrected chi connectivity index (χ2v) is 5.75. The number of pyridine rings is 1. The first-order valence-corrected chi connectivity index (χ1v) is 7.14. The molecular weight excluding hydrogens is 295 g/mol. The van der Waals surface area contributed by atoms with Crippen molar-refractivity contribution in [1.82, 2.24) is 10.3 Å². The summed E-state index contributed by atoms with van der Waals surface area (Å²) in [5, 5.41) is 3.47. The fourth-order valence-electron chi connectivity index (χ4n) is 3.39. The number of nitrogens with zero attached hydrogens (tertiary/aromatic N) is 1.